The van der Waals surface area contributed by atoms with Gasteiger partial charge in [0, 0.05) is 11.9 Å². The number of carbonyl (C=O) groups is 1. The van der Waals surface area contributed by atoms with E-state index in [9.17, 15) is 14.7 Å². The Bertz CT molecular complexity index is 811. The van der Waals surface area contributed by atoms with Gasteiger partial charge in [-0.15, -0.1) is 12.4 Å². The highest BCUT2D eigenvalue weighted by atomic mass is 35.5. The van der Waals surface area contributed by atoms with Crippen molar-refractivity contribution in [1.29, 1.82) is 0 Å². The van der Waals surface area contributed by atoms with Gasteiger partial charge >= 0.3 is 11.6 Å². The molecule has 0 atom stereocenters. The Morgan fingerprint density at radius 1 is 1.24 bits per heavy atom. The fourth-order valence-corrected chi connectivity index (χ4v) is 2.74. The number of hydrogen-bond acceptors (Lipinski definition) is 6. The van der Waals surface area contributed by atoms with Crippen molar-refractivity contribution in [3.05, 3.63) is 39.2 Å². The van der Waals surface area contributed by atoms with Crippen molar-refractivity contribution in [1.82, 2.24) is 4.90 Å². The summed E-state index contributed by atoms with van der Waals surface area (Å²) in [6, 6.07) is 3.30. The number of aromatic hydroxyl groups is 1. The zero-order valence-electron chi connectivity index (χ0n) is 14.9. The van der Waals surface area contributed by atoms with E-state index in [0.29, 0.717) is 28.6 Å². The molecular weight excluding hydrogens is 346 g/mol. The van der Waals surface area contributed by atoms with E-state index >= 15 is 0 Å². The van der Waals surface area contributed by atoms with Crippen LogP contribution in [-0.2, 0) is 22.5 Å². The highest BCUT2D eigenvalue weighted by molar-refractivity contribution is 5.87. The Hall–Kier alpha value is -2.05. The van der Waals surface area contributed by atoms with E-state index in [1.807, 2.05) is 13.8 Å². The zero-order valence-corrected chi connectivity index (χ0v) is 15.7. The van der Waals surface area contributed by atoms with Gasteiger partial charge in [-0.05, 0) is 37.7 Å². The van der Waals surface area contributed by atoms with Gasteiger partial charge in [0.25, 0.3) is 0 Å². The topological polar surface area (TPSA) is 80.0 Å². The molecule has 0 aliphatic carbocycles. The van der Waals surface area contributed by atoms with Crippen LogP contribution in [0.15, 0.2) is 21.3 Å². The van der Waals surface area contributed by atoms with Crippen molar-refractivity contribution in [3.63, 3.8) is 0 Å². The summed E-state index contributed by atoms with van der Waals surface area (Å²) in [7, 11) is 1.28. The minimum absolute atomic E-state index is 0. The maximum absolute atomic E-state index is 12.3. The molecule has 2 rings (SSSR count). The molecular formula is C18H24ClNO5. The van der Waals surface area contributed by atoms with Crippen LogP contribution in [0.2, 0.25) is 0 Å². The average molecular weight is 370 g/mol. The molecule has 1 heterocycles. The number of esters is 1. The number of phenols is 1. The third kappa shape index (κ3) is 4.32. The van der Waals surface area contributed by atoms with Gasteiger partial charge in [-0.2, -0.15) is 0 Å². The van der Waals surface area contributed by atoms with Crippen molar-refractivity contribution in [2.45, 2.75) is 33.7 Å². The third-order valence-corrected chi connectivity index (χ3v) is 4.36. The number of halogens is 1. The molecule has 1 N–H and O–H groups in total. The smallest absolute Gasteiger partial charge is 0.340 e. The number of aryl methyl sites for hydroxylation is 1. The van der Waals surface area contributed by atoms with Crippen molar-refractivity contribution in [2.75, 3.05) is 20.2 Å². The van der Waals surface area contributed by atoms with Gasteiger partial charge in [0.2, 0.25) is 0 Å². The number of ether oxygens (including phenoxy) is 1. The maximum Gasteiger partial charge on any atom is 0.340 e. The average Bonchev–Trinajstić information content (AvgIpc) is 2.57. The lowest BCUT2D eigenvalue weighted by molar-refractivity contribution is -0.139. The molecule has 25 heavy (non-hydrogen) atoms. The summed E-state index contributed by atoms with van der Waals surface area (Å²) in [4.78, 5) is 26.0. The second-order valence-electron chi connectivity index (χ2n) is 5.65. The Kier molecular flexibility index (Phi) is 7.45. The number of methoxy groups -OCH3 is 1. The highest BCUT2D eigenvalue weighted by Gasteiger charge is 2.19. The Morgan fingerprint density at radius 3 is 2.44 bits per heavy atom. The fraction of sp³-hybridized carbons (Fsp3) is 0.444. The summed E-state index contributed by atoms with van der Waals surface area (Å²) in [6.45, 7) is 7.94. The minimum Gasteiger partial charge on any atom is -0.507 e. The van der Waals surface area contributed by atoms with Crippen LogP contribution in [0.1, 0.15) is 30.5 Å². The molecule has 0 spiro atoms. The number of nitrogens with zero attached hydrogens (tertiary/aromatic N) is 1. The summed E-state index contributed by atoms with van der Waals surface area (Å²) < 4.78 is 10.1. The van der Waals surface area contributed by atoms with Crippen molar-refractivity contribution in [3.8, 4) is 5.75 Å². The lowest BCUT2D eigenvalue weighted by Crippen LogP contribution is -2.23. The predicted octanol–water partition coefficient (Wildman–Crippen LogP) is 2.79. The summed E-state index contributed by atoms with van der Waals surface area (Å²) >= 11 is 0. The van der Waals surface area contributed by atoms with Gasteiger partial charge in [-0.3, -0.25) is 9.69 Å². The number of benzene rings is 1. The predicted molar refractivity (Wildman–Crippen MR) is 98.5 cm³/mol. The third-order valence-electron chi connectivity index (χ3n) is 4.36. The first-order valence-corrected chi connectivity index (χ1v) is 7.99. The minimum atomic E-state index is -0.572. The van der Waals surface area contributed by atoms with Crippen LogP contribution >= 0.6 is 12.4 Å². The van der Waals surface area contributed by atoms with Crippen LogP contribution < -0.4 is 5.63 Å². The number of hydrogen-bond donors (Lipinski definition) is 1. The highest BCUT2D eigenvalue weighted by Crippen LogP contribution is 2.30. The molecule has 0 unspecified atom stereocenters. The molecule has 0 aliphatic rings. The van der Waals surface area contributed by atoms with E-state index < -0.39 is 11.6 Å². The van der Waals surface area contributed by atoms with Crippen LogP contribution in [0, 0.1) is 6.92 Å². The lowest BCUT2D eigenvalue weighted by Gasteiger charge is -2.20. The van der Waals surface area contributed by atoms with E-state index in [0.717, 1.165) is 13.1 Å². The van der Waals surface area contributed by atoms with E-state index in [1.54, 1.807) is 19.1 Å². The molecule has 0 amide bonds. The van der Waals surface area contributed by atoms with Crippen LogP contribution in [0.5, 0.6) is 5.75 Å². The van der Waals surface area contributed by atoms with Gasteiger partial charge in [0.05, 0.1) is 24.7 Å². The molecule has 1 aromatic carbocycles. The summed E-state index contributed by atoms with van der Waals surface area (Å²) in [6.07, 6.45) is -0.132. The monoisotopic (exact) mass is 369 g/mol. The second kappa shape index (κ2) is 8.87. The first kappa shape index (κ1) is 21.0. The van der Waals surface area contributed by atoms with Gasteiger partial charge in [-0.25, -0.2) is 4.79 Å². The molecule has 2 aromatic rings. The number of fused-ring (bicyclic) bond motifs is 1. The fourth-order valence-electron chi connectivity index (χ4n) is 2.74. The quantitative estimate of drug-likeness (QED) is 0.623. The molecule has 0 bridgehead atoms. The van der Waals surface area contributed by atoms with E-state index in [4.69, 9.17) is 4.42 Å². The second-order valence-corrected chi connectivity index (χ2v) is 5.65. The molecule has 6 nitrogen and oxygen atoms in total. The van der Waals surface area contributed by atoms with Crippen LogP contribution in [-0.4, -0.2) is 36.2 Å². The molecule has 0 fully saturated rings. The summed E-state index contributed by atoms with van der Waals surface area (Å²) in [5.41, 5.74) is 1.34. The maximum atomic E-state index is 12.3. The molecule has 138 valence electrons. The van der Waals surface area contributed by atoms with Crippen LogP contribution in [0.3, 0.4) is 0 Å². The molecule has 0 aliphatic heterocycles. The van der Waals surface area contributed by atoms with E-state index in [-0.39, 0.29) is 30.1 Å². The SMILES string of the molecule is CCN(CC)Cc1c(O)ccc2c(C)c(CC(=O)OC)c(=O)oc12.Cl. The Labute approximate surface area is 152 Å². The lowest BCUT2D eigenvalue weighted by atomic mass is 10.0. The van der Waals surface area contributed by atoms with E-state index in [2.05, 4.69) is 9.64 Å². The standard InChI is InChI=1S/C18H23NO5.ClH/c1-5-19(6-2)10-14-15(20)8-7-12-11(3)13(9-16(21)23-4)18(22)24-17(12)14;/h7-8,20H,5-6,9-10H2,1-4H3;1H. The molecule has 0 radical (unpaired) electrons. The molecule has 7 heteroatoms. The van der Waals surface area contributed by atoms with Crippen LogP contribution in [0.4, 0.5) is 0 Å². The van der Waals surface area contributed by atoms with Gasteiger partial charge in [0.1, 0.15) is 11.3 Å². The first-order valence-electron chi connectivity index (χ1n) is 7.99. The van der Waals surface area contributed by atoms with Gasteiger partial charge in [-0.1, -0.05) is 13.8 Å². The van der Waals surface area contributed by atoms with Gasteiger partial charge in [0.15, 0.2) is 0 Å². The number of phenolic OH excluding ortho intramolecular Hbond substituents is 1. The molecule has 0 saturated carbocycles. The Balaban J connectivity index is 0.00000312. The zero-order chi connectivity index (χ0) is 17.9. The first-order chi connectivity index (χ1) is 11.4. The largest absolute Gasteiger partial charge is 0.507 e. The Morgan fingerprint density at radius 2 is 1.88 bits per heavy atom. The summed E-state index contributed by atoms with van der Waals surface area (Å²) in [5.74, 6) is -0.399. The van der Waals surface area contributed by atoms with Crippen molar-refractivity contribution in [2.24, 2.45) is 0 Å². The van der Waals surface area contributed by atoms with Crippen molar-refractivity contribution < 1.29 is 19.1 Å². The number of carbonyl (C=O) groups excluding carboxylic acids is 1. The van der Waals surface area contributed by atoms with Crippen molar-refractivity contribution >= 4 is 29.3 Å². The summed E-state index contributed by atoms with van der Waals surface area (Å²) in [5, 5.41) is 10.9. The van der Waals surface area contributed by atoms with E-state index in [1.165, 1.54) is 7.11 Å². The number of rotatable bonds is 6. The normalized spacial score (nSPS) is 10.8. The van der Waals surface area contributed by atoms with Gasteiger partial charge < -0.3 is 14.3 Å². The van der Waals surface area contributed by atoms with Crippen LogP contribution in [0.25, 0.3) is 11.0 Å². The molecule has 0 saturated heterocycles. The molecule has 1 aromatic heterocycles.